The average molecular weight is 518 g/mol. The van der Waals surface area contributed by atoms with Crippen molar-refractivity contribution in [2.75, 3.05) is 11.9 Å². The Morgan fingerprint density at radius 3 is 2.34 bits per heavy atom. The van der Waals surface area contributed by atoms with E-state index in [1.54, 1.807) is 36.4 Å². The molecule has 166 valence electrons. The summed E-state index contributed by atoms with van der Waals surface area (Å²) in [7, 11) is -3.98. The summed E-state index contributed by atoms with van der Waals surface area (Å²) in [5, 5.41) is 13.5. The first-order valence-corrected chi connectivity index (χ1v) is 11.7. The molecule has 8 nitrogen and oxygen atoms in total. The van der Waals surface area contributed by atoms with Gasteiger partial charge in [-0.05, 0) is 42.8 Å². The fraction of sp³-hybridized carbons (Fsp3) is 0.136. The number of rotatable bonds is 8. The van der Waals surface area contributed by atoms with Crippen molar-refractivity contribution in [3.8, 4) is 0 Å². The molecule has 0 heterocycles. The molecule has 0 spiro atoms. The summed E-state index contributed by atoms with van der Waals surface area (Å²) < 4.78 is 28.5. The molecule has 0 atom stereocenters. The molecule has 0 aliphatic carbocycles. The van der Waals surface area contributed by atoms with Gasteiger partial charge in [0, 0.05) is 28.8 Å². The van der Waals surface area contributed by atoms with Crippen LogP contribution in [0.1, 0.15) is 11.1 Å². The van der Waals surface area contributed by atoms with Crippen molar-refractivity contribution >= 4 is 43.2 Å². The fourth-order valence-corrected chi connectivity index (χ4v) is 4.59. The molecular weight excluding hydrogens is 498 g/mol. The summed E-state index contributed by atoms with van der Waals surface area (Å²) in [6.45, 7) is 1.36. The van der Waals surface area contributed by atoms with Gasteiger partial charge in [-0.25, -0.2) is 8.42 Å². The first-order valence-electron chi connectivity index (χ1n) is 9.51. The fourth-order valence-electron chi connectivity index (χ4n) is 2.94. The van der Waals surface area contributed by atoms with Crippen LogP contribution in [0.2, 0.25) is 0 Å². The van der Waals surface area contributed by atoms with E-state index in [2.05, 4.69) is 21.2 Å². The number of non-ortho nitro benzene ring substituents is 1. The monoisotopic (exact) mass is 517 g/mol. The molecule has 0 fully saturated rings. The predicted molar refractivity (Wildman–Crippen MR) is 125 cm³/mol. The van der Waals surface area contributed by atoms with Crippen LogP contribution >= 0.6 is 15.9 Å². The van der Waals surface area contributed by atoms with Gasteiger partial charge in [0.25, 0.3) is 5.69 Å². The first kappa shape index (κ1) is 23.6. The van der Waals surface area contributed by atoms with Crippen molar-refractivity contribution in [1.82, 2.24) is 4.31 Å². The highest BCUT2D eigenvalue weighted by Gasteiger charge is 2.27. The Bertz CT molecular complexity index is 1230. The van der Waals surface area contributed by atoms with Crippen molar-refractivity contribution in [3.05, 3.63) is 98.5 Å². The molecule has 10 heteroatoms. The zero-order valence-corrected chi connectivity index (χ0v) is 19.5. The maximum absolute atomic E-state index is 13.3. The van der Waals surface area contributed by atoms with E-state index in [0.717, 1.165) is 14.3 Å². The molecule has 1 amide bonds. The van der Waals surface area contributed by atoms with Crippen LogP contribution in [0, 0.1) is 17.0 Å². The van der Waals surface area contributed by atoms with Crippen LogP contribution in [-0.4, -0.2) is 30.1 Å². The highest BCUT2D eigenvalue weighted by atomic mass is 79.9. The molecule has 1 N–H and O–H groups in total. The van der Waals surface area contributed by atoms with Gasteiger partial charge < -0.3 is 5.32 Å². The summed E-state index contributed by atoms with van der Waals surface area (Å²) in [6.07, 6.45) is 0. The van der Waals surface area contributed by atoms with Gasteiger partial charge in [-0.3, -0.25) is 14.9 Å². The van der Waals surface area contributed by atoms with E-state index in [1.807, 2.05) is 6.92 Å². The number of nitrogens with zero attached hydrogens (tertiary/aromatic N) is 2. The molecule has 0 unspecified atom stereocenters. The summed E-state index contributed by atoms with van der Waals surface area (Å²) >= 11 is 3.34. The van der Waals surface area contributed by atoms with Gasteiger partial charge in [0.15, 0.2) is 0 Å². The number of nitro benzene ring substituents is 1. The van der Waals surface area contributed by atoms with Crippen LogP contribution in [-0.2, 0) is 21.4 Å². The third kappa shape index (κ3) is 6.00. The number of carbonyl (C=O) groups is 1. The third-order valence-corrected chi connectivity index (χ3v) is 6.93. The Morgan fingerprint density at radius 1 is 1.06 bits per heavy atom. The Kier molecular flexibility index (Phi) is 7.39. The molecule has 0 aliphatic rings. The van der Waals surface area contributed by atoms with E-state index in [1.165, 1.54) is 36.4 Å². The van der Waals surface area contributed by atoms with Crippen molar-refractivity contribution in [2.45, 2.75) is 18.4 Å². The predicted octanol–water partition coefficient (Wildman–Crippen LogP) is 4.50. The third-order valence-electron chi connectivity index (χ3n) is 4.59. The Morgan fingerprint density at radius 2 is 1.72 bits per heavy atom. The molecule has 0 bridgehead atoms. The highest BCUT2D eigenvalue weighted by Crippen LogP contribution is 2.21. The minimum Gasteiger partial charge on any atom is -0.325 e. The molecule has 0 saturated carbocycles. The Balaban J connectivity index is 1.87. The van der Waals surface area contributed by atoms with E-state index < -0.39 is 27.4 Å². The number of benzene rings is 3. The lowest BCUT2D eigenvalue weighted by molar-refractivity contribution is -0.384. The number of hydrogen-bond acceptors (Lipinski definition) is 5. The minimum absolute atomic E-state index is 0.0220. The normalized spacial score (nSPS) is 11.3. The van der Waals surface area contributed by atoms with E-state index in [4.69, 9.17) is 0 Å². The zero-order valence-electron chi connectivity index (χ0n) is 17.1. The van der Waals surface area contributed by atoms with Crippen molar-refractivity contribution in [1.29, 1.82) is 0 Å². The lowest BCUT2D eigenvalue weighted by atomic mass is 10.2. The molecule has 0 saturated heterocycles. The van der Waals surface area contributed by atoms with Crippen molar-refractivity contribution in [3.63, 3.8) is 0 Å². The van der Waals surface area contributed by atoms with Crippen LogP contribution in [0.15, 0.2) is 82.2 Å². The number of halogens is 1. The second kappa shape index (κ2) is 10.0. The van der Waals surface area contributed by atoms with Crippen molar-refractivity contribution in [2.24, 2.45) is 0 Å². The van der Waals surface area contributed by atoms with Crippen LogP contribution in [0.25, 0.3) is 0 Å². The van der Waals surface area contributed by atoms with E-state index in [0.29, 0.717) is 5.56 Å². The lowest BCUT2D eigenvalue weighted by Crippen LogP contribution is -2.37. The van der Waals surface area contributed by atoms with Gasteiger partial charge >= 0.3 is 0 Å². The SMILES string of the molecule is Cc1ccc(S(=O)(=O)N(CC(=O)Nc2cccc([N+](=O)[O-])c2)Cc2ccc(Br)cc2)cc1. The van der Waals surface area contributed by atoms with E-state index >= 15 is 0 Å². The maximum Gasteiger partial charge on any atom is 0.271 e. The average Bonchev–Trinajstić information content (AvgIpc) is 2.75. The minimum atomic E-state index is -3.98. The number of nitrogens with one attached hydrogen (secondary N) is 1. The molecule has 0 aliphatic heterocycles. The number of aryl methyl sites for hydroxylation is 1. The molecule has 3 rings (SSSR count). The Hall–Kier alpha value is -3.08. The number of anilines is 1. The molecule has 0 aromatic heterocycles. The largest absolute Gasteiger partial charge is 0.325 e. The van der Waals surface area contributed by atoms with Gasteiger partial charge in [0.2, 0.25) is 15.9 Å². The van der Waals surface area contributed by atoms with Gasteiger partial charge in [0.1, 0.15) is 0 Å². The summed E-state index contributed by atoms with van der Waals surface area (Å²) in [6, 6.07) is 18.9. The molecule has 3 aromatic rings. The first-order chi connectivity index (χ1) is 15.1. The second-order valence-electron chi connectivity index (χ2n) is 7.07. The lowest BCUT2D eigenvalue weighted by Gasteiger charge is -2.22. The van der Waals surface area contributed by atoms with Crippen LogP contribution in [0.3, 0.4) is 0 Å². The second-order valence-corrected chi connectivity index (χ2v) is 9.92. The highest BCUT2D eigenvalue weighted by molar-refractivity contribution is 9.10. The van der Waals surface area contributed by atoms with Crippen LogP contribution < -0.4 is 5.32 Å². The van der Waals surface area contributed by atoms with Crippen molar-refractivity contribution < 1.29 is 18.1 Å². The van der Waals surface area contributed by atoms with Gasteiger partial charge in [-0.1, -0.05) is 51.8 Å². The molecule has 0 radical (unpaired) electrons. The van der Waals surface area contributed by atoms with Crippen LogP contribution in [0.4, 0.5) is 11.4 Å². The quantitative estimate of drug-likeness (QED) is 0.349. The standard InChI is InChI=1S/C22H20BrN3O5S/c1-16-5-11-21(12-6-16)32(30,31)25(14-17-7-9-18(23)10-8-17)15-22(27)24-19-3-2-4-20(13-19)26(28)29/h2-13H,14-15H2,1H3,(H,24,27). The number of amides is 1. The van der Waals surface area contributed by atoms with E-state index in [-0.39, 0.29) is 22.8 Å². The zero-order chi connectivity index (χ0) is 23.3. The topological polar surface area (TPSA) is 110 Å². The number of sulfonamides is 1. The number of hydrogen-bond donors (Lipinski definition) is 1. The summed E-state index contributed by atoms with van der Waals surface area (Å²) in [5.41, 5.74) is 1.64. The summed E-state index contributed by atoms with van der Waals surface area (Å²) in [4.78, 5) is 23.1. The summed E-state index contributed by atoms with van der Waals surface area (Å²) in [5.74, 6) is -0.613. The number of nitro groups is 1. The molecular formula is C22H20BrN3O5S. The molecule has 3 aromatic carbocycles. The Labute approximate surface area is 194 Å². The van der Waals surface area contributed by atoms with E-state index in [9.17, 15) is 23.3 Å². The van der Waals surface area contributed by atoms with Crippen LogP contribution in [0.5, 0.6) is 0 Å². The van der Waals surface area contributed by atoms with Gasteiger partial charge in [-0.15, -0.1) is 0 Å². The molecule has 32 heavy (non-hydrogen) atoms. The van der Waals surface area contributed by atoms with Gasteiger partial charge in [-0.2, -0.15) is 4.31 Å². The maximum atomic E-state index is 13.3. The van der Waals surface area contributed by atoms with Gasteiger partial charge in [0.05, 0.1) is 16.4 Å². The smallest absolute Gasteiger partial charge is 0.271 e. The number of carbonyl (C=O) groups excluding carboxylic acids is 1.